The average molecular weight is 366 g/mol. The number of ether oxygens (including phenoxy) is 2. The van der Waals surface area contributed by atoms with Gasteiger partial charge in [-0.3, -0.25) is 14.9 Å². The number of benzene rings is 1. The van der Waals surface area contributed by atoms with Crippen molar-refractivity contribution in [1.29, 1.82) is 0 Å². The number of pyridine rings is 1. The number of hydrogen-bond donors (Lipinski definition) is 2. The van der Waals surface area contributed by atoms with Crippen LogP contribution in [0.3, 0.4) is 0 Å². The van der Waals surface area contributed by atoms with Gasteiger partial charge in [0.05, 0.1) is 36.5 Å². The molecule has 4 rings (SSSR count). The number of aryl methyl sites for hydroxylation is 1. The molecule has 3 heterocycles. The first kappa shape index (κ1) is 17.5. The molecular weight excluding hydrogens is 344 g/mol. The topological polar surface area (TPSA) is 89.1 Å². The van der Waals surface area contributed by atoms with E-state index in [0.29, 0.717) is 25.4 Å². The van der Waals surface area contributed by atoms with Gasteiger partial charge in [-0.1, -0.05) is 18.2 Å². The van der Waals surface area contributed by atoms with Crippen LogP contribution in [0.15, 0.2) is 42.6 Å². The molecule has 1 aliphatic rings. The highest BCUT2D eigenvalue weighted by atomic mass is 16.5. The summed E-state index contributed by atoms with van der Waals surface area (Å²) in [4.78, 5) is 16.8. The summed E-state index contributed by atoms with van der Waals surface area (Å²) in [5.74, 6) is 0.613. The monoisotopic (exact) mass is 366 g/mol. The number of para-hydroxylation sites is 1. The summed E-state index contributed by atoms with van der Waals surface area (Å²) in [6, 6.07) is 11.4. The highest BCUT2D eigenvalue weighted by Gasteiger charge is 2.29. The fourth-order valence-corrected chi connectivity index (χ4v) is 3.26. The van der Waals surface area contributed by atoms with Crippen molar-refractivity contribution < 1.29 is 14.3 Å². The minimum atomic E-state index is -0.245. The highest BCUT2D eigenvalue weighted by Crippen LogP contribution is 2.18. The van der Waals surface area contributed by atoms with Gasteiger partial charge < -0.3 is 14.8 Å². The molecule has 1 saturated heterocycles. The van der Waals surface area contributed by atoms with E-state index in [-0.39, 0.29) is 24.5 Å². The maximum Gasteiger partial charge on any atom is 0.226 e. The van der Waals surface area contributed by atoms with E-state index in [1.54, 1.807) is 6.20 Å². The normalized spacial score (nSPS) is 19.7. The van der Waals surface area contributed by atoms with Crippen molar-refractivity contribution >= 4 is 16.8 Å². The number of carbonyl (C=O) groups excluding carboxylic acids is 1. The smallest absolute Gasteiger partial charge is 0.226 e. The Labute approximate surface area is 157 Å². The Morgan fingerprint density at radius 3 is 3.07 bits per heavy atom. The number of amides is 1. The molecule has 1 aromatic carbocycles. The molecule has 1 fully saturated rings. The van der Waals surface area contributed by atoms with Crippen molar-refractivity contribution in [1.82, 2.24) is 20.5 Å². The number of rotatable bonds is 5. The first-order valence-corrected chi connectivity index (χ1v) is 9.07. The minimum Gasteiger partial charge on any atom is -0.484 e. The van der Waals surface area contributed by atoms with Crippen molar-refractivity contribution in [3.8, 4) is 5.75 Å². The third kappa shape index (κ3) is 4.09. The van der Waals surface area contributed by atoms with Crippen LogP contribution in [0.25, 0.3) is 10.9 Å². The number of nitrogens with one attached hydrogen (secondary N) is 2. The third-order valence-electron chi connectivity index (χ3n) is 4.70. The summed E-state index contributed by atoms with van der Waals surface area (Å²) in [6.45, 7) is 2.96. The molecule has 0 aliphatic carbocycles. The summed E-state index contributed by atoms with van der Waals surface area (Å²) in [7, 11) is 0. The predicted molar refractivity (Wildman–Crippen MR) is 101 cm³/mol. The van der Waals surface area contributed by atoms with Gasteiger partial charge in [0, 0.05) is 17.7 Å². The second-order valence-corrected chi connectivity index (χ2v) is 6.73. The first-order chi connectivity index (χ1) is 13.2. The summed E-state index contributed by atoms with van der Waals surface area (Å²) in [5, 5.41) is 11.3. The van der Waals surface area contributed by atoms with E-state index in [4.69, 9.17) is 9.47 Å². The summed E-state index contributed by atoms with van der Waals surface area (Å²) < 4.78 is 11.5. The standard InChI is InChI=1S/C20H22N4O3/c1-13-6-7-14(11-21-13)27-19-12-26-9-8-17(19)22-20(25)10-18-15-4-2-3-5-16(15)23-24-18/h2-7,11,17,19H,8-10,12H2,1H3,(H,22,25)(H,23,24)/t17-,19+/m1/s1. The molecule has 0 spiro atoms. The van der Waals surface area contributed by atoms with Gasteiger partial charge in [0.2, 0.25) is 5.91 Å². The molecule has 2 N–H and O–H groups in total. The van der Waals surface area contributed by atoms with Gasteiger partial charge in [0.15, 0.2) is 0 Å². The third-order valence-corrected chi connectivity index (χ3v) is 4.70. The van der Waals surface area contributed by atoms with Crippen LogP contribution in [0.5, 0.6) is 5.75 Å². The van der Waals surface area contributed by atoms with Gasteiger partial charge in [-0.25, -0.2) is 0 Å². The van der Waals surface area contributed by atoms with E-state index in [1.165, 1.54) is 0 Å². The quantitative estimate of drug-likeness (QED) is 0.722. The Balaban J connectivity index is 1.41. The van der Waals surface area contributed by atoms with E-state index in [2.05, 4.69) is 20.5 Å². The van der Waals surface area contributed by atoms with Crippen LogP contribution in [0.4, 0.5) is 0 Å². The molecule has 7 heteroatoms. The number of aromatic amines is 1. The molecule has 1 amide bonds. The summed E-state index contributed by atoms with van der Waals surface area (Å²) in [5.41, 5.74) is 2.61. The van der Waals surface area contributed by atoms with E-state index in [1.807, 2.05) is 43.3 Å². The van der Waals surface area contributed by atoms with E-state index in [9.17, 15) is 4.79 Å². The van der Waals surface area contributed by atoms with Gasteiger partial charge >= 0.3 is 0 Å². The first-order valence-electron chi connectivity index (χ1n) is 9.07. The molecule has 2 atom stereocenters. The molecule has 3 aromatic rings. The lowest BCUT2D eigenvalue weighted by molar-refractivity contribution is -0.123. The Bertz CT molecular complexity index is 922. The van der Waals surface area contributed by atoms with Crippen LogP contribution in [-0.4, -0.2) is 46.4 Å². The molecule has 7 nitrogen and oxygen atoms in total. The van der Waals surface area contributed by atoms with Crippen LogP contribution < -0.4 is 10.1 Å². The molecule has 1 aliphatic heterocycles. The fourth-order valence-electron chi connectivity index (χ4n) is 3.26. The van der Waals surface area contributed by atoms with Gasteiger partial charge in [-0.15, -0.1) is 0 Å². The van der Waals surface area contributed by atoms with Gasteiger partial charge in [0.25, 0.3) is 0 Å². The zero-order valence-corrected chi connectivity index (χ0v) is 15.1. The number of nitrogens with zero attached hydrogens (tertiary/aromatic N) is 2. The van der Waals surface area contributed by atoms with Crippen molar-refractivity contribution in [3.63, 3.8) is 0 Å². The zero-order valence-electron chi connectivity index (χ0n) is 15.1. The van der Waals surface area contributed by atoms with Crippen molar-refractivity contribution in [3.05, 3.63) is 54.0 Å². The molecule has 140 valence electrons. The Morgan fingerprint density at radius 2 is 2.22 bits per heavy atom. The molecule has 0 bridgehead atoms. The van der Waals surface area contributed by atoms with Crippen molar-refractivity contribution in [2.45, 2.75) is 31.9 Å². The van der Waals surface area contributed by atoms with Crippen molar-refractivity contribution in [2.24, 2.45) is 0 Å². The van der Waals surface area contributed by atoms with E-state index >= 15 is 0 Å². The highest BCUT2D eigenvalue weighted by molar-refractivity contribution is 5.87. The summed E-state index contributed by atoms with van der Waals surface area (Å²) in [6.07, 6.45) is 2.40. The van der Waals surface area contributed by atoms with Crippen LogP contribution in [0.2, 0.25) is 0 Å². The lowest BCUT2D eigenvalue weighted by atomic mass is 10.1. The molecule has 2 aromatic heterocycles. The molecule has 0 radical (unpaired) electrons. The Hall–Kier alpha value is -2.93. The van der Waals surface area contributed by atoms with Gasteiger partial charge in [0.1, 0.15) is 11.9 Å². The lowest BCUT2D eigenvalue weighted by Crippen LogP contribution is -2.51. The van der Waals surface area contributed by atoms with Gasteiger partial charge in [-0.05, 0) is 31.5 Å². The molecule has 0 saturated carbocycles. The maximum absolute atomic E-state index is 12.6. The van der Waals surface area contributed by atoms with Crippen LogP contribution >= 0.6 is 0 Å². The summed E-state index contributed by atoms with van der Waals surface area (Å²) >= 11 is 0. The van der Waals surface area contributed by atoms with Crippen LogP contribution in [0, 0.1) is 6.92 Å². The minimum absolute atomic E-state index is 0.0630. The van der Waals surface area contributed by atoms with Crippen molar-refractivity contribution in [2.75, 3.05) is 13.2 Å². The molecule has 0 unspecified atom stereocenters. The van der Waals surface area contributed by atoms with Gasteiger partial charge in [-0.2, -0.15) is 5.10 Å². The predicted octanol–water partition coefficient (Wildman–Crippen LogP) is 2.16. The Kier molecular flexibility index (Phi) is 5.02. The number of aromatic nitrogens is 3. The molecular formula is C20H22N4O3. The number of carbonyl (C=O) groups is 1. The second-order valence-electron chi connectivity index (χ2n) is 6.73. The number of fused-ring (bicyclic) bond motifs is 1. The number of hydrogen-bond acceptors (Lipinski definition) is 5. The second kappa shape index (κ2) is 7.75. The fraction of sp³-hybridized carbons (Fsp3) is 0.350. The van der Waals surface area contributed by atoms with E-state index in [0.717, 1.165) is 22.3 Å². The zero-order chi connectivity index (χ0) is 18.6. The lowest BCUT2D eigenvalue weighted by Gasteiger charge is -2.32. The maximum atomic E-state index is 12.6. The van der Waals surface area contributed by atoms with E-state index < -0.39 is 0 Å². The SMILES string of the molecule is Cc1ccc(O[C@H]2COCC[C@H]2NC(=O)Cc2[nH]nc3ccccc23)cn1. The Morgan fingerprint density at radius 1 is 1.33 bits per heavy atom. The largest absolute Gasteiger partial charge is 0.484 e. The van der Waals surface area contributed by atoms with Crippen LogP contribution in [-0.2, 0) is 16.0 Å². The number of H-pyrrole nitrogens is 1. The van der Waals surface area contributed by atoms with Crippen LogP contribution in [0.1, 0.15) is 17.8 Å². The average Bonchev–Trinajstić information content (AvgIpc) is 3.08. The molecule has 27 heavy (non-hydrogen) atoms.